The minimum absolute atomic E-state index is 0.181. The first-order chi connectivity index (χ1) is 14.8. The molecule has 1 aliphatic heterocycles. The highest BCUT2D eigenvalue weighted by molar-refractivity contribution is 7.89. The minimum atomic E-state index is -3.68. The lowest BCUT2D eigenvalue weighted by atomic mass is 10.1. The summed E-state index contributed by atoms with van der Waals surface area (Å²) in [5.74, 6) is -0.396. The van der Waals surface area contributed by atoms with Gasteiger partial charge in [0, 0.05) is 17.3 Å². The van der Waals surface area contributed by atoms with Crippen LogP contribution in [0.25, 0.3) is 0 Å². The number of aryl methyl sites for hydroxylation is 2. The topological polar surface area (TPSA) is 92.3 Å². The van der Waals surface area contributed by atoms with Gasteiger partial charge in [-0.1, -0.05) is 29.0 Å². The maximum atomic E-state index is 13.3. The molecule has 7 nitrogen and oxygen atoms in total. The summed E-state index contributed by atoms with van der Waals surface area (Å²) in [5, 5.41) is 12.2. The lowest BCUT2D eigenvalue weighted by Gasteiger charge is -2.22. The van der Waals surface area contributed by atoms with Crippen molar-refractivity contribution < 1.29 is 13.2 Å². The summed E-state index contributed by atoms with van der Waals surface area (Å²) in [7, 11) is -3.68. The number of hydrogen-bond acceptors (Lipinski definition) is 6. The fourth-order valence-electron chi connectivity index (χ4n) is 3.46. The number of benzene rings is 2. The fraction of sp³-hybridized carbons (Fsp3) is 0.286. The summed E-state index contributed by atoms with van der Waals surface area (Å²) >= 11 is 6.98. The molecule has 2 heterocycles. The molecule has 0 aliphatic carbocycles. The van der Waals surface area contributed by atoms with Crippen LogP contribution in [-0.4, -0.2) is 35.4 Å². The number of nitrogens with zero attached hydrogens (tertiary/aromatic N) is 3. The Bertz CT molecular complexity index is 1230. The molecule has 4 rings (SSSR count). The van der Waals surface area contributed by atoms with Crippen molar-refractivity contribution in [1.82, 2.24) is 14.5 Å². The standard InChI is InChI=1S/C21H21ClN4O3S2/c1-13-5-10-17(12-14(13)2)31(28,29)26-11-3-4-18(26)20-24-25-21(30-20)19(27)23-16-8-6-15(22)7-9-16/h5-10,12,18H,3-4,11H2,1-2H3,(H,23,27)/t18-/m1/s1. The van der Waals surface area contributed by atoms with E-state index >= 15 is 0 Å². The molecule has 1 atom stereocenters. The Morgan fingerprint density at radius 2 is 1.87 bits per heavy atom. The van der Waals surface area contributed by atoms with Gasteiger partial charge in [-0.05, 0) is 74.2 Å². The van der Waals surface area contributed by atoms with Gasteiger partial charge in [-0.25, -0.2) is 8.42 Å². The molecule has 0 saturated carbocycles. The van der Waals surface area contributed by atoms with Gasteiger partial charge in [0.15, 0.2) is 0 Å². The largest absolute Gasteiger partial charge is 0.320 e. The van der Waals surface area contributed by atoms with Crippen LogP contribution in [0.15, 0.2) is 47.4 Å². The third kappa shape index (κ3) is 4.50. The number of carbonyl (C=O) groups excluding carboxylic acids is 1. The first-order valence-corrected chi connectivity index (χ1v) is 12.4. The summed E-state index contributed by atoms with van der Waals surface area (Å²) in [5.41, 5.74) is 2.55. The minimum Gasteiger partial charge on any atom is -0.320 e. The van der Waals surface area contributed by atoms with E-state index in [1.807, 2.05) is 19.9 Å². The number of anilines is 1. The van der Waals surface area contributed by atoms with Crippen molar-refractivity contribution in [3.05, 3.63) is 68.6 Å². The molecule has 0 bridgehead atoms. The van der Waals surface area contributed by atoms with Crippen molar-refractivity contribution in [3.63, 3.8) is 0 Å². The molecule has 31 heavy (non-hydrogen) atoms. The van der Waals surface area contributed by atoms with Crippen LogP contribution in [0.5, 0.6) is 0 Å². The molecule has 3 aromatic rings. The van der Waals surface area contributed by atoms with Crippen LogP contribution in [0.2, 0.25) is 5.02 Å². The highest BCUT2D eigenvalue weighted by Crippen LogP contribution is 2.38. The van der Waals surface area contributed by atoms with E-state index in [1.165, 1.54) is 4.31 Å². The molecule has 1 aromatic heterocycles. The van der Waals surface area contributed by atoms with E-state index in [9.17, 15) is 13.2 Å². The van der Waals surface area contributed by atoms with Gasteiger partial charge in [0.25, 0.3) is 5.91 Å². The molecule has 2 aromatic carbocycles. The molecule has 0 spiro atoms. The van der Waals surface area contributed by atoms with Gasteiger partial charge in [0.05, 0.1) is 10.9 Å². The summed E-state index contributed by atoms with van der Waals surface area (Å²) in [4.78, 5) is 12.8. The summed E-state index contributed by atoms with van der Waals surface area (Å²) in [6.07, 6.45) is 1.36. The van der Waals surface area contributed by atoms with Gasteiger partial charge >= 0.3 is 0 Å². The smallest absolute Gasteiger partial charge is 0.286 e. The van der Waals surface area contributed by atoms with Crippen molar-refractivity contribution in [2.45, 2.75) is 37.6 Å². The Balaban J connectivity index is 1.55. The Kier molecular flexibility index (Phi) is 6.11. The van der Waals surface area contributed by atoms with Crippen LogP contribution in [0.1, 0.15) is 44.8 Å². The molecule has 1 amide bonds. The van der Waals surface area contributed by atoms with E-state index in [0.717, 1.165) is 28.9 Å². The number of rotatable bonds is 5. The predicted molar refractivity (Wildman–Crippen MR) is 121 cm³/mol. The van der Waals surface area contributed by atoms with Crippen molar-refractivity contribution in [1.29, 1.82) is 0 Å². The third-order valence-electron chi connectivity index (χ3n) is 5.31. The second kappa shape index (κ2) is 8.66. The molecule has 0 radical (unpaired) electrons. The Morgan fingerprint density at radius 1 is 1.13 bits per heavy atom. The maximum absolute atomic E-state index is 13.3. The van der Waals surface area contributed by atoms with E-state index in [-0.39, 0.29) is 9.90 Å². The van der Waals surface area contributed by atoms with E-state index in [4.69, 9.17) is 11.6 Å². The highest BCUT2D eigenvalue weighted by atomic mass is 35.5. The van der Waals surface area contributed by atoms with E-state index in [0.29, 0.717) is 28.7 Å². The van der Waals surface area contributed by atoms with E-state index in [2.05, 4.69) is 15.5 Å². The number of nitrogens with one attached hydrogen (secondary N) is 1. The normalized spacial score (nSPS) is 17.1. The maximum Gasteiger partial charge on any atom is 0.286 e. The average Bonchev–Trinajstić information content (AvgIpc) is 3.41. The van der Waals surface area contributed by atoms with Crippen LogP contribution in [0.4, 0.5) is 5.69 Å². The van der Waals surface area contributed by atoms with Crippen LogP contribution in [0.3, 0.4) is 0 Å². The molecule has 1 saturated heterocycles. The number of hydrogen-bond donors (Lipinski definition) is 1. The third-order valence-corrected chi connectivity index (χ3v) is 8.49. The number of amides is 1. The second-order valence-corrected chi connectivity index (χ2v) is 10.8. The van der Waals surface area contributed by atoms with Gasteiger partial charge in [0.2, 0.25) is 15.0 Å². The van der Waals surface area contributed by atoms with Crippen molar-refractivity contribution >= 4 is 44.6 Å². The number of halogens is 1. The molecule has 1 N–H and O–H groups in total. The molecule has 0 unspecified atom stereocenters. The first-order valence-electron chi connectivity index (χ1n) is 9.75. The highest BCUT2D eigenvalue weighted by Gasteiger charge is 2.38. The SMILES string of the molecule is Cc1ccc(S(=O)(=O)N2CCC[C@@H]2c2nnc(C(=O)Nc3ccc(Cl)cc3)s2)cc1C. The number of sulfonamides is 1. The lowest BCUT2D eigenvalue weighted by Crippen LogP contribution is -2.30. The average molecular weight is 477 g/mol. The summed E-state index contributed by atoms with van der Waals surface area (Å²) < 4.78 is 28.0. The van der Waals surface area contributed by atoms with Gasteiger partial charge in [-0.15, -0.1) is 10.2 Å². The molecule has 162 valence electrons. The van der Waals surface area contributed by atoms with Crippen LogP contribution < -0.4 is 5.32 Å². The molecular weight excluding hydrogens is 456 g/mol. The Labute approximate surface area is 190 Å². The number of aromatic nitrogens is 2. The van der Waals surface area contributed by atoms with Crippen LogP contribution in [-0.2, 0) is 10.0 Å². The first kappa shape index (κ1) is 21.9. The zero-order valence-corrected chi connectivity index (χ0v) is 19.4. The molecule has 10 heteroatoms. The van der Waals surface area contributed by atoms with Crippen LogP contribution >= 0.6 is 22.9 Å². The quantitative estimate of drug-likeness (QED) is 0.581. The summed E-state index contributed by atoms with van der Waals surface area (Å²) in [6.45, 7) is 4.25. The van der Waals surface area contributed by atoms with Crippen molar-refractivity contribution in [2.75, 3.05) is 11.9 Å². The van der Waals surface area contributed by atoms with E-state index in [1.54, 1.807) is 36.4 Å². The van der Waals surface area contributed by atoms with Gasteiger partial charge in [-0.3, -0.25) is 4.79 Å². The Morgan fingerprint density at radius 3 is 2.58 bits per heavy atom. The van der Waals surface area contributed by atoms with Crippen LogP contribution in [0, 0.1) is 13.8 Å². The van der Waals surface area contributed by atoms with Gasteiger partial charge < -0.3 is 5.32 Å². The van der Waals surface area contributed by atoms with Crippen molar-refractivity contribution in [2.24, 2.45) is 0 Å². The monoisotopic (exact) mass is 476 g/mol. The van der Waals surface area contributed by atoms with Gasteiger partial charge in [-0.2, -0.15) is 4.31 Å². The fourth-order valence-corrected chi connectivity index (χ4v) is 6.29. The molecule has 1 aliphatic rings. The predicted octanol–water partition coefficient (Wildman–Crippen LogP) is 4.59. The van der Waals surface area contributed by atoms with Gasteiger partial charge in [0.1, 0.15) is 5.01 Å². The number of carbonyl (C=O) groups is 1. The lowest BCUT2D eigenvalue weighted by molar-refractivity contribution is 0.102. The van der Waals surface area contributed by atoms with Crippen molar-refractivity contribution in [3.8, 4) is 0 Å². The zero-order valence-electron chi connectivity index (χ0n) is 17.0. The molecule has 1 fully saturated rings. The van der Waals surface area contributed by atoms with E-state index < -0.39 is 22.0 Å². The molecular formula is C21H21ClN4O3S2. The Hall–Kier alpha value is -2.33. The zero-order chi connectivity index (χ0) is 22.2. The second-order valence-electron chi connectivity index (χ2n) is 7.43. The summed E-state index contributed by atoms with van der Waals surface area (Å²) in [6, 6.07) is 11.5.